The van der Waals surface area contributed by atoms with Crippen LogP contribution in [0.15, 0.2) is 30.3 Å². The molecule has 1 aromatic carbocycles. The highest BCUT2D eigenvalue weighted by molar-refractivity contribution is 6.62. The van der Waals surface area contributed by atoms with Crippen molar-refractivity contribution in [3.63, 3.8) is 0 Å². The maximum atomic E-state index is 9.21. The van der Waals surface area contributed by atoms with Crippen LogP contribution < -0.4 is 0 Å². The van der Waals surface area contributed by atoms with Crippen LogP contribution in [0.5, 0.6) is 0 Å². The van der Waals surface area contributed by atoms with E-state index in [0.29, 0.717) is 5.56 Å². The van der Waals surface area contributed by atoms with Crippen LogP contribution in [0.4, 0.5) is 0 Å². The number of nitriles is 1. The monoisotopic (exact) mass is 181 g/mol. The van der Waals surface area contributed by atoms with Crippen molar-refractivity contribution in [1.29, 1.82) is 5.26 Å². The summed E-state index contributed by atoms with van der Waals surface area (Å²) in [6.45, 7) is 1.29. The first-order valence-corrected chi connectivity index (χ1v) is 3.66. The molecular formula is C9H8ClNO. The Hall–Kier alpha value is -1.33. The molecule has 0 fully saturated rings. The zero-order chi connectivity index (χ0) is 9.40. The van der Waals surface area contributed by atoms with E-state index in [-0.39, 0.29) is 5.24 Å². The van der Waals surface area contributed by atoms with Crippen LogP contribution in [0.2, 0.25) is 0 Å². The summed E-state index contributed by atoms with van der Waals surface area (Å²) in [5.74, 6) is 0. The molecule has 2 nitrogen and oxygen atoms in total. The van der Waals surface area contributed by atoms with Crippen LogP contribution in [0.25, 0.3) is 0 Å². The normalized spacial score (nSPS) is 7.42. The molecule has 12 heavy (non-hydrogen) atoms. The lowest BCUT2D eigenvalue weighted by molar-refractivity contribution is -0.109. The quantitative estimate of drug-likeness (QED) is 0.577. The van der Waals surface area contributed by atoms with Gasteiger partial charge in [-0.2, -0.15) is 5.26 Å². The fourth-order valence-electron chi connectivity index (χ4n) is 0.513. The minimum atomic E-state index is -0.361. The van der Waals surface area contributed by atoms with E-state index < -0.39 is 0 Å². The molecule has 0 aliphatic carbocycles. The number of nitrogens with zero attached hydrogens (tertiary/aromatic N) is 1. The van der Waals surface area contributed by atoms with Gasteiger partial charge >= 0.3 is 0 Å². The number of carbonyl (C=O) groups excluding carboxylic acids is 1. The standard InChI is InChI=1S/C7H5N.C2H3ClO/c8-6-7-4-2-1-3-5-7;1-2(3)4/h1-5H;1H3. The van der Waals surface area contributed by atoms with Crippen molar-refractivity contribution in [2.45, 2.75) is 6.92 Å². The average Bonchev–Trinajstić information content (AvgIpc) is 2.05. The van der Waals surface area contributed by atoms with E-state index in [2.05, 4.69) is 11.6 Å². The van der Waals surface area contributed by atoms with Crippen LogP contribution in [-0.2, 0) is 4.79 Å². The Kier molecular flexibility index (Phi) is 5.68. The molecule has 0 aliphatic heterocycles. The number of rotatable bonds is 0. The molecule has 62 valence electrons. The fraction of sp³-hybridized carbons (Fsp3) is 0.111. The van der Waals surface area contributed by atoms with Crippen molar-refractivity contribution in [1.82, 2.24) is 0 Å². The fourth-order valence-corrected chi connectivity index (χ4v) is 0.513. The van der Waals surface area contributed by atoms with Crippen LogP contribution in [0.3, 0.4) is 0 Å². The molecule has 0 spiro atoms. The second kappa shape index (κ2) is 6.38. The first-order chi connectivity index (χ1) is 5.66. The molecule has 0 atom stereocenters. The Labute approximate surface area is 76.4 Å². The summed E-state index contributed by atoms with van der Waals surface area (Å²) in [5, 5.41) is 7.93. The Morgan fingerprint density at radius 2 is 1.83 bits per heavy atom. The Morgan fingerprint density at radius 3 is 2.08 bits per heavy atom. The van der Waals surface area contributed by atoms with Gasteiger partial charge in [0.2, 0.25) is 5.24 Å². The van der Waals surface area contributed by atoms with Gasteiger partial charge < -0.3 is 0 Å². The Balaban J connectivity index is 0.000000261. The van der Waals surface area contributed by atoms with Crippen molar-refractivity contribution in [2.75, 3.05) is 0 Å². The van der Waals surface area contributed by atoms with Gasteiger partial charge in [0.25, 0.3) is 0 Å². The smallest absolute Gasteiger partial charge is 0.218 e. The molecule has 1 aromatic rings. The molecule has 0 amide bonds. The van der Waals surface area contributed by atoms with E-state index in [1.54, 1.807) is 12.1 Å². The van der Waals surface area contributed by atoms with Crippen LogP contribution in [0.1, 0.15) is 12.5 Å². The molecule has 0 unspecified atom stereocenters. The van der Waals surface area contributed by atoms with Crippen molar-refractivity contribution in [3.05, 3.63) is 35.9 Å². The Bertz CT molecular complexity index is 272. The van der Waals surface area contributed by atoms with E-state index in [1.807, 2.05) is 24.3 Å². The minimum Gasteiger partial charge on any atom is -0.282 e. The SMILES string of the molecule is CC(=O)Cl.N#Cc1ccccc1. The number of halogens is 1. The van der Waals surface area contributed by atoms with Gasteiger partial charge in [-0.15, -0.1) is 0 Å². The maximum Gasteiger partial charge on any atom is 0.218 e. The highest BCUT2D eigenvalue weighted by Gasteiger charge is 1.79. The van der Waals surface area contributed by atoms with Crippen LogP contribution in [0, 0.1) is 11.3 Å². The predicted molar refractivity (Wildman–Crippen MR) is 47.7 cm³/mol. The third kappa shape index (κ3) is 6.79. The van der Waals surface area contributed by atoms with Crippen molar-refractivity contribution in [2.24, 2.45) is 0 Å². The van der Waals surface area contributed by atoms with Crippen LogP contribution >= 0.6 is 11.6 Å². The number of carbonyl (C=O) groups is 1. The minimum absolute atomic E-state index is 0.361. The third-order valence-corrected chi connectivity index (χ3v) is 0.903. The van der Waals surface area contributed by atoms with Gasteiger partial charge in [0, 0.05) is 6.92 Å². The molecule has 3 heteroatoms. The van der Waals surface area contributed by atoms with E-state index >= 15 is 0 Å². The van der Waals surface area contributed by atoms with Gasteiger partial charge in [0.05, 0.1) is 11.6 Å². The van der Waals surface area contributed by atoms with Gasteiger partial charge in [-0.05, 0) is 23.7 Å². The summed E-state index contributed by atoms with van der Waals surface area (Å²) < 4.78 is 0. The van der Waals surface area contributed by atoms with Gasteiger partial charge in [0.1, 0.15) is 0 Å². The molecular weight excluding hydrogens is 174 g/mol. The molecule has 0 bridgehead atoms. The lowest BCUT2D eigenvalue weighted by Crippen LogP contribution is -1.66. The lowest BCUT2D eigenvalue weighted by Gasteiger charge is -1.80. The van der Waals surface area contributed by atoms with Gasteiger partial charge in [-0.25, -0.2) is 0 Å². The van der Waals surface area contributed by atoms with Crippen molar-refractivity contribution < 1.29 is 4.79 Å². The molecule has 0 radical (unpaired) electrons. The molecule has 0 heterocycles. The van der Waals surface area contributed by atoms with E-state index in [1.165, 1.54) is 6.92 Å². The number of hydrogen-bond acceptors (Lipinski definition) is 2. The highest BCUT2D eigenvalue weighted by atomic mass is 35.5. The summed E-state index contributed by atoms with van der Waals surface area (Å²) in [7, 11) is 0. The number of benzene rings is 1. The summed E-state index contributed by atoms with van der Waals surface area (Å²) in [6.07, 6.45) is 0. The molecule has 0 saturated heterocycles. The first kappa shape index (κ1) is 10.7. The zero-order valence-electron chi connectivity index (χ0n) is 6.62. The summed E-state index contributed by atoms with van der Waals surface area (Å²) in [6, 6.07) is 11.2. The molecule has 0 saturated carbocycles. The Morgan fingerprint density at radius 1 is 1.42 bits per heavy atom. The second-order valence-corrected chi connectivity index (χ2v) is 2.48. The summed E-state index contributed by atoms with van der Waals surface area (Å²) in [5.41, 5.74) is 0.715. The lowest BCUT2D eigenvalue weighted by atomic mass is 10.2. The maximum absolute atomic E-state index is 9.21. The van der Waals surface area contributed by atoms with Gasteiger partial charge in [-0.1, -0.05) is 18.2 Å². The van der Waals surface area contributed by atoms with Crippen molar-refractivity contribution >= 4 is 16.8 Å². The average molecular weight is 182 g/mol. The highest BCUT2D eigenvalue weighted by Crippen LogP contribution is 1.93. The summed E-state index contributed by atoms with van der Waals surface area (Å²) >= 11 is 4.64. The summed E-state index contributed by atoms with van der Waals surface area (Å²) in [4.78, 5) is 9.21. The molecule has 0 aliphatic rings. The largest absolute Gasteiger partial charge is 0.282 e. The first-order valence-electron chi connectivity index (χ1n) is 3.28. The van der Waals surface area contributed by atoms with E-state index in [0.717, 1.165) is 0 Å². The molecule has 1 rings (SSSR count). The predicted octanol–water partition coefficient (Wildman–Crippen LogP) is 2.33. The van der Waals surface area contributed by atoms with Crippen molar-refractivity contribution in [3.8, 4) is 6.07 Å². The third-order valence-electron chi connectivity index (χ3n) is 0.903. The van der Waals surface area contributed by atoms with E-state index in [9.17, 15) is 4.79 Å². The topological polar surface area (TPSA) is 40.9 Å². The molecule has 0 aromatic heterocycles. The molecule has 0 N–H and O–H groups in total. The number of hydrogen-bond donors (Lipinski definition) is 0. The van der Waals surface area contributed by atoms with E-state index in [4.69, 9.17) is 5.26 Å². The zero-order valence-corrected chi connectivity index (χ0v) is 7.38. The van der Waals surface area contributed by atoms with Gasteiger partial charge in [-0.3, -0.25) is 4.79 Å². The van der Waals surface area contributed by atoms with Crippen LogP contribution in [-0.4, -0.2) is 5.24 Å². The van der Waals surface area contributed by atoms with Gasteiger partial charge in [0.15, 0.2) is 0 Å². The second-order valence-electron chi connectivity index (χ2n) is 1.95.